The third-order valence-electron chi connectivity index (χ3n) is 8.68. The summed E-state index contributed by atoms with van der Waals surface area (Å²) in [5, 5.41) is 16.8. The minimum atomic E-state index is -1.13. The average molecular weight is 562 g/mol. The number of amides is 3. The number of nitrogens with zero attached hydrogens (tertiary/aromatic N) is 1. The summed E-state index contributed by atoms with van der Waals surface area (Å²) in [4.78, 5) is 43.9. The molecule has 3 heterocycles. The van der Waals surface area contributed by atoms with Crippen LogP contribution >= 0.6 is 0 Å². The number of benzene rings is 2. The lowest BCUT2D eigenvalue weighted by molar-refractivity contribution is -0.146. The molecule has 2 unspecified atom stereocenters. The number of nitrogens with one attached hydrogen (secondary N) is 2. The second-order valence-corrected chi connectivity index (χ2v) is 13.8. The molecule has 220 valence electrons. The van der Waals surface area contributed by atoms with Crippen LogP contribution < -0.4 is 10.6 Å². The molecule has 5 rings (SSSR count). The monoisotopic (exact) mass is 561 g/mol. The van der Waals surface area contributed by atoms with E-state index in [-0.39, 0.29) is 29.7 Å². The van der Waals surface area contributed by atoms with E-state index >= 15 is 0 Å². The molecule has 0 saturated carbocycles. The van der Waals surface area contributed by atoms with Crippen LogP contribution in [0.1, 0.15) is 59.4 Å². The molecular formula is C33H43N3O5. The maximum atomic E-state index is 14.4. The Balaban J connectivity index is 1.51. The van der Waals surface area contributed by atoms with E-state index in [0.29, 0.717) is 24.9 Å². The van der Waals surface area contributed by atoms with Crippen LogP contribution in [-0.4, -0.2) is 63.7 Å². The fourth-order valence-electron chi connectivity index (χ4n) is 7.74. The largest absolute Gasteiger partial charge is 0.394 e. The van der Waals surface area contributed by atoms with Crippen LogP contribution in [0.15, 0.2) is 60.7 Å². The van der Waals surface area contributed by atoms with E-state index in [0.717, 1.165) is 12.0 Å². The van der Waals surface area contributed by atoms with Gasteiger partial charge in [0.15, 0.2) is 0 Å². The number of carbonyl (C=O) groups is 3. The van der Waals surface area contributed by atoms with Gasteiger partial charge >= 0.3 is 0 Å². The van der Waals surface area contributed by atoms with Crippen LogP contribution in [0.4, 0.5) is 5.69 Å². The summed E-state index contributed by atoms with van der Waals surface area (Å²) in [6, 6.07) is 17.2. The molecule has 8 heteroatoms. The summed E-state index contributed by atoms with van der Waals surface area (Å²) in [6.45, 7) is 10.0. The minimum absolute atomic E-state index is 0.0351. The van der Waals surface area contributed by atoms with E-state index in [1.165, 1.54) is 0 Å². The minimum Gasteiger partial charge on any atom is -0.394 e. The molecule has 3 aliphatic rings. The summed E-state index contributed by atoms with van der Waals surface area (Å²) in [6.07, 6.45) is 1.74. The first-order valence-electron chi connectivity index (χ1n) is 14.7. The van der Waals surface area contributed by atoms with Crippen molar-refractivity contribution in [2.45, 2.75) is 89.6 Å². The molecule has 41 heavy (non-hydrogen) atoms. The predicted octanol–water partition coefficient (Wildman–Crippen LogP) is 3.93. The molecule has 2 aromatic rings. The summed E-state index contributed by atoms with van der Waals surface area (Å²) in [7, 11) is 0. The number of aliphatic hydroxyl groups is 1. The van der Waals surface area contributed by atoms with Gasteiger partial charge in [-0.15, -0.1) is 0 Å². The maximum absolute atomic E-state index is 14.4. The van der Waals surface area contributed by atoms with E-state index in [1.807, 2.05) is 62.4 Å². The van der Waals surface area contributed by atoms with Gasteiger partial charge in [-0.25, -0.2) is 0 Å². The molecule has 2 aromatic carbocycles. The zero-order valence-electron chi connectivity index (χ0n) is 24.7. The van der Waals surface area contributed by atoms with Gasteiger partial charge in [0.1, 0.15) is 11.6 Å². The summed E-state index contributed by atoms with van der Waals surface area (Å²) in [5.41, 5.74) is -0.121. The van der Waals surface area contributed by atoms with E-state index in [1.54, 1.807) is 17.0 Å². The van der Waals surface area contributed by atoms with Crippen molar-refractivity contribution in [2.24, 2.45) is 17.3 Å². The highest BCUT2D eigenvalue weighted by molar-refractivity contribution is 6.02. The van der Waals surface area contributed by atoms with E-state index in [9.17, 15) is 19.5 Å². The molecule has 8 nitrogen and oxygen atoms in total. The van der Waals surface area contributed by atoms with Crippen LogP contribution in [0.2, 0.25) is 0 Å². The molecular weight excluding hydrogens is 518 g/mol. The Kier molecular flexibility index (Phi) is 7.76. The lowest BCUT2D eigenvalue weighted by Crippen LogP contribution is -2.61. The zero-order chi connectivity index (χ0) is 29.6. The van der Waals surface area contributed by atoms with Crippen LogP contribution in [0, 0.1) is 17.3 Å². The maximum Gasteiger partial charge on any atom is 0.246 e. The van der Waals surface area contributed by atoms with Gasteiger partial charge in [0.25, 0.3) is 0 Å². The summed E-state index contributed by atoms with van der Waals surface area (Å²) >= 11 is 0. The van der Waals surface area contributed by atoms with Crippen LogP contribution in [0.3, 0.4) is 0 Å². The van der Waals surface area contributed by atoms with Gasteiger partial charge in [-0.3, -0.25) is 14.4 Å². The predicted molar refractivity (Wildman–Crippen MR) is 157 cm³/mol. The van der Waals surface area contributed by atoms with Crippen molar-refractivity contribution >= 4 is 23.4 Å². The molecule has 3 fully saturated rings. The lowest BCUT2D eigenvalue weighted by atomic mass is 9.70. The topological polar surface area (TPSA) is 108 Å². The van der Waals surface area contributed by atoms with Crippen molar-refractivity contribution in [1.82, 2.24) is 10.2 Å². The molecule has 3 N–H and O–H groups in total. The summed E-state index contributed by atoms with van der Waals surface area (Å²) < 4.78 is 6.58. The van der Waals surface area contributed by atoms with Crippen molar-refractivity contribution < 1.29 is 24.2 Å². The number of ether oxygens (including phenoxy) is 1. The molecule has 2 bridgehead atoms. The van der Waals surface area contributed by atoms with Gasteiger partial charge in [0.05, 0.1) is 30.6 Å². The summed E-state index contributed by atoms with van der Waals surface area (Å²) in [5.74, 6) is -2.42. The Bertz CT molecular complexity index is 1270. The number of hydrogen-bond acceptors (Lipinski definition) is 5. The Morgan fingerprint density at radius 1 is 1.02 bits per heavy atom. The number of para-hydroxylation sites is 1. The fraction of sp³-hybridized carbons (Fsp3) is 0.545. The van der Waals surface area contributed by atoms with Crippen molar-refractivity contribution in [2.75, 3.05) is 11.9 Å². The van der Waals surface area contributed by atoms with Crippen molar-refractivity contribution in [1.29, 1.82) is 0 Å². The molecule has 0 radical (unpaired) electrons. The number of hydrogen-bond donors (Lipinski definition) is 3. The zero-order valence-corrected chi connectivity index (χ0v) is 24.7. The van der Waals surface area contributed by atoms with Gasteiger partial charge in [-0.2, -0.15) is 0 Å². The number of fused-ring (bicyclic) bond motifs is 1. The quantitative estimate of drug-likeness (QED) is 0.430. The lowest BCUT2D eigenvalue weighted by Gasteiger charge is -2.40. The van der Waals surface area contributed by atoms with E-state index < -0.39 is 41.2 Å². The molecule has 0 aromatic heterocycles. The number of rotatable bonds is 9. The van der Waals surface area contributed by atoms with E-state index in [2.05, 4.69) is 31.4 Å². The van der Waals surface area contributed by atoms with Crippen LogP contribution in [-0.2, 0) is 25.5 Å². The van der Waals surface area contributed by atoms with Gasteiger partial charge in [0, 0.05) is 11.2 Å². The third kappa shape index (κ3) is 5.64. The normalized spacial score (nSPS) is 28.0. The van der Waals surface area contributed by atoms with Crippen LogP contribution in [0.5, 0.6) is 0 Å². The van der Waals surface area contributed by atoms with Crippen molar-refractivity contribution in [3.8, 4) is 0 Å². The first kappa shape index (κ1) is 29.3. The van der Waals surface area contributed by atoms with E-state index in [4.69, 9.17) is 4.74 Å². The van der Waals surface area contributed by atoms with Crippen LogP contribution in [0.25, 0.3) is 0 Å². The Morgan fingerprint density at radius 3 is 2.27 bits per heavy atom. The van der Waals surface area contributed by atoms with Gasteiger partial charge < -0.3 is 25.4 Å². The number of carbonyl (C=O) groups excluding carboxylic acids is 3. The number of anilines is 1. The number of aliphatic hydroxyl groups excluding tert-OH is 1. The second kappa shape index (κ2) is 10.9. The molecule has 6 atom stereocenters. The molecule has 0 aliphatic carbocycles. The third-order valence-corrected chi connectivity index (χ3v) is 8.68. The standard InChI is InChI=1S/C33H43N3O5/c1-31(2,3)20-32(4,5)35-29(39)27-33-17-16-24(41-33)25(28(38)34-22-14-10-7-11-15-22)26(33)30(40)36(27)23(19-37)18-21-12-8-6-9-13-21/h6-15,23-27,37H,16-20H2,1-5H3,(H,34,38)(H,35,39)/t23-,24-,25+,26+,27?,33?/m1/s1. The highest BCUT2D eigenvalue weighted by atomic mass is 16.5. The SMILES string of the molecule is CC(C)(C)CC(C)(C)NC(=O)C1N([C@@H](CO)Cc2ccccc2)C(=O)[C@@H]2[C@@H](C(=O)Nc3ccccc3)[C@H]3CCC12O3. The first-order chi connectivity index (χ1) is 19.3. The van der Waals surface area contributed by atoms with Gasteiger partial charge in [-0.1, -0.05) is 69.3 Å². The fourth-order valence-corrected chi connectivity index (χ4v) is 7.74. The molecule has 3 saturated heterocycles. The molecule has 3 aliphatic heterocycles. The highest BCUT2D eigenvalue weighted by Gasteiger charge is 2.75. The first-order valence-corrected chi connectivity index (χ1v) is 14.7. The Hall–Kier alpha value is -3.23. The number of likely N-dealkylation sites (tertiary alicyclic amines) is 1. The van der Waals surface area contributed by atoms with Crippen molar-refractivity contribution in [3.05, 3.63) is 66.2 Å². The van der Waals surface area contributed by atoms with Gasteiger partial charge in [-0.05, 0) is 62.6 Å². The van der Waals surface area contributed by atoms with Crippen molar-refractivity contribution in [3.63, 3.8) is 0 Å². The second-order valence-electron chi connectivity index (χ2n) is 13.8. The Labute approximate surface area is 242 Å². The van der Waals surface area contributed by atoms with Gasteiger partial charge in [0.2, 0.25) is 17.7 Å². The molecule has 1 spiro atoms. The highest BCUT2D eigenvalue weighted by Crippen LogP contribution is 2.59. The smallest absolute Gasteiger partial charge is 0.246 e. The Morgan fingerprint density at radius 2 is 1.66 bits per heavy atom. The average Bonchev–Trinajstić information content (AvgIpc) is 3.54. The molecule has 3 amide bonds.